The van der Waals surface area contributed by atoms with E-state index in [0.717, 1.165) is 3.91 Å². The molecule has 0 aliphatic heterocycles. The molecule has 0 aliphatic rings. The Labute approximate surface area is 108 Å². The molecule has 0 bridgehead atoms. The second-order valence-electron chi connectivity index (χ2n) is 4.83. The molecule has 0 fully saturated rings. The van der Waals surface area contributed by atoms with E-state index in [1.54, 1.807) is 24.7 Å². The van der Waals surface area contributed by atoms with E-state index in [0.29, 0.717) is 0 Å². The van der Waals surface area contributed by atoms with Crippen molar-refractivity contribution in [2.45, 2.75) is 47.8 Å². The molecule has 13 heavy (non-hydrogen) atoms. The molecule has 0 N–H and O–H groups in total. The van der Waals surface area contributed by atoms with Crippen molar-refractivity contribution in [1.82, 2.24) is 0 Å². The van der Waals surface area contributed by atoms with Crippen LogP contribution < -0.4 is 0 Å². The van der Waals surface area contributed by atoms with Crippen molar-refractivity contribution < 1.29 is 24.7 Å². The van der Waals surface area contributed by atoms with E-state index in [1.807, 2.05) is 0 Å². The Morgan fingerprint density at radius 1 is 0.769 bits per heavy atom. The third-order valence-corrected chi connectivity index (χ3v) is 33.6. The van der Waals surface area contributed by atoms with Crippen molar-refractivity contribution in [1.29, 1.82) is 0 Å². The van der Waals surface area contributed by atoms with Gasteiger partial charge in [-0.25, -0.2) is 0 Å². The summed E-state index contributed by atoms with van der Waals surface area (Å²) < 4.78 is 3.15. The Morgan fingerprint density at radius 3 is 0.923 bits per heavy atom. The molecular formula is C8H27Si4Zr. The molecule has 0 aromatic rings. The number of rotatable bonds is 3. The predicted octanol–water partition coefficient (Wildman–Crippen LogP) is 1.17. The van der Waals surface area contributed by atoms with E-state index in [-0.39, 0.29) is 26.4 Å². The molecule has 0 saturated carbocycles. The fourth-order valence-electron chi connectivity index (χ4n) is 2.00. The Kier molecular flexibility index (Phi) is 10.5. The molecule has 0 atom stereocenters. The van der Waals surface area contributed by atoms with Crippen molar-refractivity contribution in [3.8, 4) is 0 Å². The van der Waals surface area contributed by atoms with Crippen LogP contribution in [0.3, 0.4) is 0 Å². The van der Waals surface area contributed by atoms with E-state index in [2.05, 4.69) is 43.9 Å². The first-order valence-electron chi connectivity index (χ1n) is 5.33. The van der Waals surface area contributed by atoms with Gasteiger partial charge in [-0.3, -0.25) is 0 Å². The Hall–Kier alpha value is 1.75. The van der Waals surface area contributed by atoms with Gasteiger partial charge in [0.15, 0.2) is 0 Å². The Balaban J connectivity index is 0. The Morgan fingerprint density at radius 2 is 0.923 bits per heavy atom. The fraction of sp³-hybridized carbons (Fsp3) is 1.00. The molecule has 0 rings (SSSR count). The zero-order valence-corrected chi connectivity index (χ0v) is 18.7. The van der Waals surface area contributed by atoms with Crippen LogP contribution in [-0.4, -0.2) is 36.6 Å². The van der Waals surface area contributed by atoms with Gasteiger partial charge >= 0.3 is 29.4 Å². The maximum atomic E-state index is 2.58. The Bertz CT molecular complexity index is 104. The summed E-state index contributed by atoms with van der Waals surface area (Å²) in [6.45, 7) is 15.5. The summed E-state index contributed by atoms with van der Waals surface area (Å²) in [7, 11) is 0.514. The average Bonchev–Trinajstić information content (AvgIpc) is 2.05. The molecular weight excluding hydrogens is 300 g/mol. The van der Waals surface area contributed by atoms with Crippen LogP contribution in [0.5, 0.6) is 0 Å². The number of hydrogen-bond donors (Lipinski definition) is 0. The van der Waals surface area contributed by atoms with Gasteiger partial charge in [-0.15, -0.1) is 0 Å². The van der Waals surface area contributed by atoms with Crippen LogP contribution in [0, 0.1) is 0 Å². The molecule has 0 aromatic carbocycles. The molecule has 0 saturated heterocycles. The molecule has 0 radical (unpaired) electrons. The van der Waals surface area contributed by atoms with Crippen LogP contribution in [0.4, 0.5) is 0 Å². The zero-order valence-electron chi connectivity index (χ0n) is 10.7. The van der Waals surface area contributed by atoms with Gasteiger partial charge < -0.3 is 0 Å². The van der Waals surface area contributed by atoms with Gasteiger partial charge in [0.05, 0.1) is 0 Å². The first-order valence-corrected chi connectivity index (χ1v) is 17.4. The van der Waals surface area contributed by atoms with Crippen molar-refractivity contribution in [2.75, 3.05) is 0 Å². The maximum absolute atomic E-state index is 2.58. The summed E-state index contributed by atoms with van der Waals surface area (Å²) in [5, 5.41) is 0. The third kappa shape index (κ3) is 4.87. The van der Waals surface area contributed by atoms with Crippen LogP contribution in [0.15, 0.2) is 0 Å². The molecule has 0 unspecified atom stereocenters. The molecule has 0 aliphatic carbocycles. The van der Waals surface area contributed by atoms with E-state index in [9.17, 15) is 0 Å². The van der Waals surface area contributed by atoms with Crippen LogP contribution in [-0.2, 0) is 24.7 Å². The number of hydrogen-bond acceptors (Lipinski definition) is 0. The van der Waals surface area contributed by atoms with E-state index >= 15 is 0 Å². The minimum atomic E-state index is -0.331. The normalized spacial score (nSPS) is 12.1. The van der Waals surface area contributed by atoms with Gasteiger partial charge in [0, 0.05) is 36.6 Å². The zero-order chi connectivity index (χ0) is 11.2. The van der Waals surface area contributed by atoms with E-state index < -0.39 is 0 Å². The standard InChI is InChI=1S/C7H24Si4.CH3.Zr/c1-9(2)7(8,10(3)4)11(5)6;;/h9-11H,1-6,8H3;1H3;. The molecule has 0 aromatic heterocycles. The average molecular weight is 327 g/mol. The first kappa shape index (κ1) is 17.2. The van der Waals surface area contributed by atoms with Gasteiger partial charge in [-0.05, 0) is 0 Å². The molecule has 79 valence electrons. The molecule has 0 nitrogen and oxygen atoms in total. The summed E-state index contributed by atoms with van der Waals surface area (Å²) in [4.78, 5) is 0. The van der Waals surface area contributed by atoms with Gasteiger partial charge in [-0.1, -0.05) is 43.2 Å². The summed E-state index contributed by atoms with van der Waals surface area (Å²) >= 11 is 1.55. The second kappa shape index (κ2) is 7.97. The van der Waals surface area contributed by atoms with Gasteiger partial charge in [0.2, 0.25) is 0 Å². The molecule has 0 heterocycles. The topological polar surface area (TPSA) is 0 Å². The van der Waals surface area contributed by atoms with Gasteiger partial charge in [0.1, 0.15) is 0 Å². The first-order chi connectivity index (χ1) is 5.83. The van der Waals surface area contributed by atoms with Crippen molar-refractivity contribution in [3.05, 3.63) is 0 Å². The quantitative estimate of drug-likeness (QED) is 0.683. The minimum absolute atomic E-state index is 0.331. The van der Waals surface area contributed by atoms with Crippen molar-refractivity contribution >= 4 is 36.6 Å². The summed E-state index contributed by atoms with van der Waals surface area (Å²) in [5.41, 5.74) is 0. The van der Waals surface area contributed by atoms with Crippen LogP contribution in [0.1, 0.15) is 0 Å². The predicted molar refractivity (Wildman–Crippen MR) is 75.1 cm³/mol. The van der Waals surface area contributed by atoms with Crippen LogP contribution in [0.2, 0.25) is 47.8 Å². The third-order valence-electron chi connectivity index (χ3n) is 3.73. The van der Waals surface area contributed by atoms with Crippen LogP contribution in [0.25, 0.3) is 0 Å². The van der Waals surface area contributed by atoms with Gasteiger partial charge in [0.25, 0.3) is 0 Å². The van der Waals surface area contributed by atoms with Crippen molar-refractivity contribution in [3.63, 3.8) is 0 Å². The molecule has 0 spiro atoms. The summed E-state index contributed by atoms with van der Waals surface area (Å²) in [6.07, 6.45) is 0. The molecule has 5 heteroatoms. The second-order valence-corrected chi connectivity index (χ2v) is 22.7. The van der Waals surface area contributed by atoms with Gasteiger partial charge in [-0.2, -0.15) is 0 Å². The summed E-state index contributed by atoms with van der Waals surface area (Å²) in [6, 6.07) is 0. The van der Waals surface area contributed by atoms with E-state index in [1.165, 1.54) is 10.2 Å². The van der Waals surface area contributed by atoms with Crippen molar-refractivity contribution in [2.24, 2.45) is 0 Å². The molecule has 0 amide bonds. The van der Waals surface area contributed by atoms with E-state index in [4.69, 9.17) is 0 Å². The summed E-state index contributed by atoms with van der Waals surface area (Å²) in [5.74, 6) is 0. The SMILES string of the molecule is C[SiH](C)C([SiH3])([SiH](C)C)[SiH](C)C.[CH3][Zr]. The van der Waals surface area contributed by atoms with Crippen LogP contribution >= 0.6 is 0 Å². The fourth-order valence-corrected chi connectivity index (χ4v) is 18.0. The monoisotopic (exact) mass is 325 g/mol.